The maximum absolute atomic E-state index is 13.5. The lowest BCUT2D eigenvalue weighted by Gasteiger charge is -2.29. The minimum absolute atomic E-state index is 0.00159. The number of amides is 1. The number of carbonyl (C=O) groups is 1. The predicted molar refractivity (Wildman–Crippen MR) is 141 cm³/mol. The number of morpholine rings is 1. The molecular formula is C25H29N5O6S2. The molecule has 202 valence electrons. The first kappa shape index (κ1) is 26.4. The molecule has 0 bridgehead atoms. The quantitative estimate of drug-likeness (QED) is 0.505. The lowest BCUT2D eigenvalue weighted by Crippen LogP contribution is -2.41. The van der Waals surface area contributed by atoms with E-state index in [4.69, 9.17) is 4.74 Å². The van der Waals surface area contributed by atoms with E-state index >= 15 is 0 Å². The van der Waals surface area contributed by atoms with Crippen molar-refractivity contribution in [2.75, 3.05) is 37.7 Å². The molecule has 38 heavy (non-hydrogen) atoms. The fraction of sp³-hybridized carbons (Fsp3) is 0.360. The summed E-state index contributed by atoms with van der Waals surface area (Å²) >= 11 is 0. The zero-order valence-electron chi connectivity index (χ0n) is 21.3. The lowest BCUT2D eigenvalue weighted by molar-refractivity contribution is 0.0730. The summed E-state index contributed by atoms with van der Waals surface area (Å²) in [5.74, 6) is 0.412. The molecule has 1 saturated heterocycles. The van der Waals surface area contributed by atoms with Crippen molar-refractivity contribution in [3.63, 3.8) is 0 Å². The van der Waals surface area contributed by atoms with Crippen LogP contribution in [-0.4, -0.2) is 69.8 Å². The van der Waals surface area contributed by atoms with Crippen LogP contribution >= 0.6 is 0 Å². The van der Waals surface area contributed by atoms with Crippen molar-refractivity contribution in [1.82, 2.24) is 18.8 Å². The number of aromatic nitrogens is 2. The van der Waals surface area contributed by atoms with E-state index in [0.717, 1.165) is 15.8 Å². The zero-order chi connectivity index (χ0) is 27.2. The van der Waals surface area contributed by atoms with Crippen molar-refractivity contribution >= 4 is 37.6 Å². The summed E-state index contributed by atoms with van der Waals surface area (Å²) in [6.45, 7) is 6.98. The van der Waals surface area contributed by atoms with Crippen molar-refractivity contribution in [3.05, 3.63) is 64.8 Å². The van der Waals surface area contributed by atoms with Crippen LogP contribution in [0.4, 0.5) is 16.3 Å². The number of aryl methyl sites for hydroxylation is 2. The van der Waals surface area contributed by atoms with Crippen LogP contribution in [0.1, 0.15) is 22.3 Å². The molecule has 2 aliphatic rings. The maximum atomic E-state index is 13.5. The highest BCUT2D eigenvalue weighted by atomic mass is 32.2. The standard InChI is InChI=1S/C25H29N5O6S2/c1-17-6-4-5-7-21(17)37(32,33)27-25(31)30-24-20(16-26-30)10-11-29(24)23-18(2)8-9-22(19(23)3)38(34,35)28-12-14-36-15-13-28/h4-9,16H,10-15H2,1-3H3,(H,27,31). The van der Waals surface area contributed by atoms with Crippen LogP contribution in [0.15, 0.2) is 52.4 Å². The summed E-state index contributed by atoms with van der Waals surface area (Å²) < 4.78 is 62.8. The molecule has 2 aromatic carbocycles. The fourth-order valence-corrected chi connectivity index (χ4v) is 7.86. The maximum Gasteiger partial charge on any atom is 0.357 e. The zero-order valence-corrected chi connectivity index (χ0v) is 23.0. The Morgan fingerprint density at radius 2 is 1.63 bits per heavy atom. The second kappa shape index (κ2) is 9.80. The van der Waals surface area contributed by atoms with Gasteiger partial charge in [-0.1, -0.05) is 24.3 Å². The minimum atomic E-state index is -4.14. The molecule has 5 rings (SSSR count). The van der Waals surface area contributed by atoms with Gasteiger partial charge in [-0.25, -0.2) is 26.4 Å². The highest BCUT2D eigenvalue weighted by Crippen LogP contribution is 2.40. The Kier molecular flexibility index (Phi) is 6.80. The normalized spacial score (nSPS) is 16.4. The van der Waals surface area contributed by atoms with Gasteiger partial charge in [0.1, 0.15) is 5.82 Å². The Morgan fingerprint density at radius 3 is 2.34 bits per heavy atom. The average molecular weight is 560 g/mol. The van der Waals surface area contributed by atoms with Gasteiger partial charge in [-0.3, -0.25) is 0 Å². The molecule has 0 radical (unpaired) electrons. The molecule has 13 heteroatoms. The number of ether oxygens (including phenoxy) is 1. The molecule has 3 heterocycles. The van der Waals surface area contributed by atoms with Gasteiger partial charge in [-0.15, -0.1) is 0 Å². The van der Waals surface area contributed by atoms with E-state index in [-0.39, 0.29) is 22.9 Å². The minimum Gasteiger partial charge on any atom is -0.379 e. The Labute approximate surface area is 222 Å². The van der Waals surface area contributed by atoms with Gasteiger partial charge in [0.05, 0.1) is 29.2 Å². The average Bonchev–Trinajstić information content (AvgIpc) is 3.47. The highest BCUT2D eigenvalue weighted by Gasteiger charge is 2.34. The van der Waals surface area contributed by atoms with Gasteiger partial charge in [0, 0.05) is 30.9 Å². The van der Waals surface area contributed by atoms with E-state index in [0.29, 0.717) is 48.8 Å². The number of nitrogens with one attached hydrogen (secondary N) is 1. The molecule has 0 aliphatic carbocycles. The van der Waals surface area contributed by atoms with Gasteiger partial charge >= 0.3 is 6.03 Å². The van der Waals surface area contributed by atoms with Crippen LogP contribution in [0.2, 0.25) is 0 Å². The molecule has 1 N–H and O–H groups in total. The van der Waals surface area contributed by atoms with E-state index in [2.05, 4.69) is 9.82 Å². The van der Waals surface area contributed by atoms with E-state index in [9.17, 15) is 21.6 Å². The topological polar surface area (TPSA) is 131 Å². The molecule has 0 saturated carbocycles. The monoisotopic (exact) mass is 559 g/mol. The van der Waals surface area contributed by atoms with Gasteiger partial charge in [0.25, 0.3) is 10.0 Å². The van der Waals surface area contributed by atoms with Crippen LogP contribution in [0.3, 0.4) is 0 Å². The van der Waals surface area contributed by atoms with Crippen molar-refractivity contribution in [3.8, 4) is 0 Å². The molecule has 1 aromatic heterocycles. The molecular weight excluding hydrogens is 530 g/mol. The third kappa shape index (κ3) is 4.49. The SMILES string of the molecule is Cc1ccccc1S(=O)(=O)NC(=O)n1ncc2c1N(c1c(C)ccc(S(=O)(=O)N3CCOCC3)c1C)CC2. The Bertz CT molecular complexity index is 1630. The molecule has 0 atom stereocenters. The summed E-state index contributed by atoms with van der Waals surface area (Å²) in [7, 11) is -7.91. The van der Waals surface area contributed by atoms with Crippen molar-refractivity contribution < 1.29 is 26.4 Å². The van der Waals surface area contributed by atoms with Gasteiger partial charge < -0.3 is 9.64 Å². The number of nitrogens with zero attached hydrogens (tertiary/aromatic N) is 4. The number of rotatable bonds is 5. The van der Waals surface area contributed by atoms with Crippen LogP contribution in [0.25, 0.3) is 0 Å². The van der Waals surface area contributed by atoms with Crippen LogP contribution in [0, 0.1) is 20.8 Å². The molecule has 0 unspecified atom stereocenters. The molecule has 2 aliphatic heterocycles. The first-order valence-corrected chi connectivity index (χ1v) is 15.1. The summed E-state index contributed by atoms with van der Waals surface area (Å²) in [4.78, 5) is 15.2. The Morgan fingerprint density at radius 1 is 0.921 bits per heavy atom. The van der Waals surface area contributed by atoms with Gasteiger partial charge in [0.15, 0.2) is 0 Å². The molecule has 3 aromatic rings. The molecule has 0 spiro atoms. The van der Waals surface area contributed by atoms with Crippen molar-refractivity contribution in [2.24, 2.45) is 0 Å². The molecule has 1 amide bonds. The number of anilines is 2. The van der Waals surface area contributed by atoms with E-state index < -0.39 is 26.1 Å². The van der Waals surface area contributed by atoms with Crippen molar-refractivity contribution in [2.45, 2.75) is 37.0 Å². The number of hydrogen-bond donors (Lipinski definition) is 1. The van der Waals surface area contributed by atoms with Crippen molar-refractivity contribution in [1.29, 1.82) is 0 Å². The fourth-order valence-electron chi connectivity index (χ4n) is 5.05. The number of fused-ring (bicyclic) bond motifs is 1. The van der Waals surface area contributed by atoms with E-state index in [1.165, 1.54) is 16.6 Å². The third-order valence-electron chi connectivity index (χ3n) is 6.92. The Hall–Kier alpha value is -3.26. The molecule has 1 fully saturated rings. The van der Waals surface area contributed by atoms with E-state index in [1.807, 2.05) is 11.8 Å². The molecule has 11 nitrogen and oxygen atoms in total. The highest BCUT2D eigenvalue weighted by molar-refractivity contribution is 7.90. The number of benzene rings is 2. The first-order chi connectivity index (χ1) is 18.0. The number of carbonyl (C=O) groups excluding carboxylic acids is 1. The van der Waals surface area contributed by atoms with Crippen LogP contribution in [-0.2, 0) is 31.2 Å². The van der Waals surface area contributed by atoms with Gasteiger partial charge in [-0.2, -0.15) is 14.1 Å². The third-order valence-corrected chi connectivity index (χ3v) is 10.4. The summed E-state index contributed by atoms with van der Waals surface area (Å²) in [5.41, 5.74) is 3.27. The summed E-state index contributed by atoms with van der Waals surface area (Å²) in [6.07, 6.45) is 2.10. The Balaban J connectivity index is 1.52. The second-order valence-electron chi connectivity index (χ2n) is 9.35. The largest absolute Gasteiger partial charge is 0.379 e. The van der Waals surface area contributed by atoms with E-state index in [1.54, 1.807) is 44.2 Å². The van der Waals surface area contributed by atoms with Crippen LogP contribution in [0.5, 0.6) is 0 Å². The second-order valence-corrected chi connectivity index (χ2v) is 12.9. The first-order valence-electron chi connectivity index (χ1n) is 12.2. The summed E-state index contributed by atoms with van der Waals surface area (Å²) in [5, 5.41) is 4.18. The lowest BCUT2D eigenvalue weighted by atomic mass is 10.1. The summed E-state index contributed by atoms with van der Waals surface area (Å²) in [6, 6.07) is 8.81. The van der Waals surface area contributed by atoms with Gasteiger partial charge in [-0.05, 0) is 56.0 Å². The van der Waals surface area contributed by atoms with Crippen LogP contribution < -0.4 is 9.62 Å². The predicted octanol–water partition coefficient (Wildman–Crippen LogP) is 2.47. The van der Waals surface area contributed by atoms with Gasteiger partial charge in [0.2, 0.25) is 10.0 Å². The number of hydrogen-bond acceptors (Lipinski definition) is 8. The smallest absolute Gasteiger partial charge is 0.357 e. The number of sulfonamides is 2.